The van der Waals surface area contributed by atoms with E-state index < -0.39 is 5.91 Å². The highest BCUT2D eigenvalue weighted by molar-refractivity contribution is 6.35. The van der Waals surface area contributed by atoms with Crippen LogP contribution in [0, 0.1) is 5.92 Å². The quantitative estimate of drug-likeness (QED) is 0.861. The molecular weight excluding hydrogens is 276 g/mol. The summed E-state index contributed by atoms with van der Waals surface area (Å²) in [4.78, 5) is 23.1. The lowest BCUT2D eigenvalue weighted by molar-refractivity contribution is -0.110. The molecule has 3 rings (SSSR count). The maximum atomic E-state index is 11.7. The number of fused-ring (bicyclic) bond motifs is 1. The molecule has 5 heteroatoms. The Balaban J connectivity index is 2.21. The molecule has 0 spiro atoms. The van der Waals surface area contributed by atoms with Crippen molar-refractivity contribution in [3.63, 3.8) is 0 Å². The van der Waals surface area contributed by atoms with Crippen LogP contribution in [0.1, 0.15) is 35.8 Å². The number of carbonyl (C=O) groups excluding carboxylic acids is 2. The Morgan fingerprint density at radius 2 is 2.25 bits per heavy atom. The van der Waals surface area contributed by atoms with Gasteiger partial charge in [0.25, 0.3) is 5.91 Å². The Labute approximate surface area is 121 Å². The van der Waals surface area contributed by atoms with E-state index in [1.165, 1.54) is 0 Å². The first-order chi connectivity index (χ1) is 9.61. The number of benzene rings is 1. The number of hydrogen-bond donors (Lipinski definition) is 1. The van der Waals surface area contributed by atoms with Crippen molar-refractivity contribution in [1.82, 2.24) is 4.57 Å². The summed E-state index contributed by atoms with van der Waals surface area (Å²) >= 11 is 6.24. The minimum absolute atomic E-state index is 0.339. The molecule has 1 unspecified atom stereocenters. The largest absolute Gasteiger partial charge is 0.364 e. The minimum atomic E-state index is -0.542. The van der Waals surface area contributed by atoms with Crippen LogP contribution < -0.4 is 5.73 Å². The summed E-state index contributed by atoms with van der Waals surface area (Å²) in [5, 5.41) is 1.35. The summed E-state index contributed by atoms with van der Waals surface area (Å²) in [6.07, 6.45) is 3.90. The van der Waals surface area contributed by atoms with Crippen molar-refractivity contribution < 1.29 is 9.59 Å². The number of aldehydes is 1. The zero-order valence-electron chi connectivity index (χ0n) is 10.9. The third-order valence-corrected chi connectivity index (χ3v) is 4.13. The molecule has 1 heterocycles. The van der Waals surface area contributed by atoms with E-state index in [0.29, 0.717) is 22.2 Å². The number of nitrogens with zero attached hydrogens (tertiary/aromatic N) is 1. The second-order valence-electron chi connectivity index (χ2n) is 5.32. The lowest BCUT2D eigenvalue weighted by atomic mass is 10.1. The summed E-state index contributed by atoms with van der Waals surface area (Å²) in [6, 6.07) is 6.75. The van der Waals surface area contributed by atoms with Crippen LogP contribution in [0.2, 0.25) is 5.02 Å². The Morgan fingerprint density at radius 1 is 1.50 bits per heavy atom. The highest BCUT2D eigenvalue weighted by Crippen LogP contribution is 2.39. The van der Waals surface area contributed by atoms with E-state index in [-0.39, 0.29) is 6.04 Å². The lowest BCUT2D eigenvalue weighted by Gasteiger charge is -2.17. The van der Waals surface area contributed by atoms with Crippen LogP contribution in [-0.2, 0) is 4.79 Å². The Hall–Kier alpha value is -1.81. The van der Waals surface area contributed by atoms with E-state index in [4.69, 9.17) is 17.3 Å². The number of nitrogens with two attached hydrogens (primary N) is 1. The van der Waals surface area contributed by atoms with Gasteiger partial charge in [-0.05, 0) is 24.5 Å². The Morgan fingerprint density at radius 3 is 2.85 bits per heavy atom. The maximum absolute atomic E-state index is 11.7. The number of amides is 1. The van der Waals surface area contributed by atoms with Gasteiger partial charge in [0.15, 0.2) is 0 Å². The smallest absolute Gasteiger partial charge is 0.265 e. The van der Waals surface area contributed by atoms with E-state index in [1.54, 1.807) is 16.7 Å². The van der Waals surface area contributed by atoms with Gasteiger partial charge in [-0.2, -0.15) is 0 Å². The van der Waals surface area contributed by atoms with Crippen LogP contribution in [0.5, 0.6) is 0 Å². The molecule has 1 saturated carbocycles. The fourth-order valence-electron chi connectivity index (χ4n) is 2.69. The molecule has 2 aromatic rings. The van der Waals surface area contributed by atoms with Gasteiger partial charge in [0.1, 0.15) is 12.0 Å². The third kappa shape index (κ3) is 2.20. The SMILES string of the molecule is NC(=O)c1cc2cccc(Cl)c2n1C(C=O)CC1CC1. The molecule has 1 aliphatic carbocycles. The summed E-state index contributed by atoms with van der Waals surface area (Å²) < 4.78 is 1.70. The molecule has 1 fully saturated rings. The molecule has 0 radical (unpaired) electrons. The topological polar surface area (TPSA) is 65.1 Å². The number of primary amides is 1. The normalized spacial score (nSPS) is 16.2. The van der Waals surface area contributed by atoms with Crippen molar-refractivity contribution in [2.45, 2.75) is 25.3 Å². The van der Waals surface area contributed by atoms with Gasteiger partial charge in [-0.15, -0.1) is 0 Å². The average molecular weight is 291 g/mol. The third-order valence-electron chi connectivity index (χ3n) is 3.82. The first-order valence-corrected chi connectivity index (χ1v) is 7.04. The minimum Gasteiger partial charge on any atom is -0.364 e. The Bertz CT molecular complexity index is 688. The van der Waals surface area contributed by atoms with E-state index in [1.807, 2.05) is 12.1 Å². The number of halogens is 1. The summed E-state index contributed by atoms with van der Waals surface area (Å²) in [5.74, 6) is 0.0192. The number of para-hydroxylation sites is 1. The molecule has 4 nitrogen and oxygen atoms in total. The van der Waals surface area contributed by atoms with E-state index in [2.05, 4.69) is 0 Å². The predicted molar refractivity (Wildman–Crippen MR) is 77.9 cm³/mol. The zero-order valence-corrected chi connectivity index (χ0v) is 11.6. The molecule has 20 heavy (non-hydrogen) atoms. The molecule has 1 atom stereocenters. The highest BCUT2D eigenvalue weighted by atomic mass is 35.5. The van der Waals surface area contributed by atoms with Gasteiger partial charge >= 0.3 is 0 Å². The van der Waals surface area contributed by atoms with E-state index in [9.17, 15) is 9.59 Å². The highest BCUT2D eigenvalue weighted by Gasteiger charge is 2.29. The number of aromatic nitrogens is 1. The average Bonchev–Trinajstić information content (AvgIpc) is 3.14. The standard InChI is InChI=1S/C15H15ClN2O2/c16-12-3-1-2-10-7-13(15(17)20)18(14(10)12)11(8-19)6-9-4-5-9/h1-3,7-9,11H,4-6H2,(H2,17,20). The van der Waals surface area contributed by atoms with Gasteiger partial charge in [-0.25, -0.2) is 0 Å². The molecule has 0 bridgehead atoms. The van der Waals surface area contributed by atoms with Crippen LogP contribution in [0.3, 0.4) is 0 Å². The second-order valence-corrected chi connectivity index (χ2v) is 5.73. The molecule has 1 aromatic carbocycles. The van der Waals surface area contributed by atoms with Crippen molar-refractivity contribution in [2.75, 3.05) is 0 Å². The van der Waals surface area contributed by atoms with Gasteiger partial charge in [-0.3, -0.25) is 4.79 Å². The summed E-state index contributed by atoms with van der Waals surface area (Å²) in [6.45, 7) is 0. The molecule has 1 aromatic heterocycles. The number of rotatable bonds is 5. The van der Waals surface area contributed by atoms with E-state index in [0.717, 1.165) is 30.9 Å². The number of carbonyl (C=O) groups is 2. The van der Waals surface area contributed by atoms with Crippen LogP contribution in [0.25, 0.3) is 10.9 Å². The summed E-state index contributed by atoms with van der Waals surface area (Å²) in [5.41, 5.74) is 6.50. The second kappa shape index (κ2) is 4.94. The summed E-state index contributed by atoms with van der Waals surface area (Å²) in [7, 11) is 0. The van der Waals surface area contributed by atoms with Crippen molar-refractivity contribution >= 4 is 34.7 Å². The van der Waals surface area contributed by atoms with Gasteiger partial charge in [0, 0.05) is 5.39 Å². The fourth-order valence-corrected chi connectivity index (χ4v) is 2.96. The molecule has 1 aliphatic rings. The molecule has 2 N–H and O–H groups in total. The monoisotopic (exact) mass is 290 g/mol. The van der Waals surface area contributed by atoms with Crippen molar-refractivity contribution in [3.8, 4) is 0 Å². The molecule has 0 saturated heterocycles. The maximum Gasteiger partial charge on any atom is 0.265 e. The first-order valence-electron chi connectivity index (χ1n) is 6.66. The molecule has 1 amide bonds. The predicted octanol–water partition coefficient (Wildman–Crippen LogP) is 2.93. The van der Waals surface area contributed by atoms with Crippen LogP contribution in [0.15, 0.2) is 24.3 Å². The van der Waals surface area contributed by atoms with Gasteiger partial charge in [0.2, 0.25) is 0 Å². The van der Waals surface area contributed by atoms with Crippen LogP contribution in [0.4, 0.5) is 0 Å². The first kappa shape index (κ1) is 13.2. The van der Waals surface area contributed by atoms with Gasteiger partial charge in [0.05, 0.1) is 16.6 Å². The van der Waals surface area contributed by atoms with Crippen LogP contribution in [-0.4, -0.2) is 16.8 Å². The van der Waals surface area contributed by atoms with Gasteiger partial charge in [-0.1, -0.05) is 36.6 Å². The van der Waals surface area contributed by atoms with Crippen molar-refractivity contribution in [3.05, 3.63) is 35.0 Å². The van der Waals surface area contributed by atoms with Gasteiger partial charge < -0.3 is 15.1 Å². The molecule has 104 valence electrons. The zero-order chi connectivity index (χ0) is 14.3. The fraction of sp³-hybridized carbons (Fsp3) is 0.333. The number of hydrogen-bond acceptors (Lipinski definition) is 2. The molecular formula is C15H15ClN2O2. The van der Waals surface area contributed by atoms with E-state index >= 15 is 0 Å². The lowest BCUT2D eigenvalue weighted by Crippen LogP contribution is -2.21. The van der Waals surface area contributed by atoms with Crippen molar-refractivity contribution in [2.24, 2.45) is 11.7 Å². The van der Waals surface area contributed by atoms with Crippen LogP contribution >= 0.6 is 11.6 Å². The van der Waals surface area contributed by atoms with Crippen molar-refractivity contribution in [1.29, 1.82) is 0 Å². The molecule has 0 aliphatic heterocycles. The Kier molecular flexibility index (Phi) is 3.26.